The van der Waals surface area contributed by atoms with Crippen LogP contribution >= 0.6 is 0 Å². The van der Waals surface area contributed by atoms with Crippen LogP contribution in [0.5, 0.6) is 11.5 Å². The molecule has 1 saturated heterocycles. The van der Waals surface area contributed by atoms with E-state index >= 15 is 0 Å². The minimum Gasteiger partial charge on any atom is -0.454 e. The zero-order valence-electron chi connectivity index (χ0n) is 13.7. The van der Waals surface area contributed by atoms with Crippen LogP contribution in [0.4, 0.5) is 0 Å². The van der Waals surface area contributed by atoms with Crippen LogP contribution < -0.4 is 9.47 Å². The molecular formula is C19H19NO4S. The summed E-state index contributed by atoms with van der Waals surface area (Å²) in [6, 6.07) is 15.3. The molecule has 5 nitrogen and oxygen atoms in total. The van der Waals surface area contributed by atoms with Crippen LogP contribution in [-0.2, 0) is 10.0 Å². The Labute approximate surface area is 147 Å². The topological polar surface area (TPSA) is 55.8 Å². The van der Waals surface area contributed by atoms with Crippen molar-refractivity contribution < 1.29 is 17.9 Å². The summed E-state index contributed by atoms with van der Waals surface area (Å²) in [6.07, 6.45) is 2.45. The van der Waals surface area contributed by atoms with Crippen molar-refractivity contribution in [2.75, 3.05) is 19.9 Å². The Morgan fingerprint density at radius 2 is 1.84 bits per heavy atom. The van der Waals surface area contributed by atoms with Crippen molar-refractivity contribution in [3.63, 3.8) is 0 Å². The first-order valence-corrected chi connectivity index (χ1v) is 9.75. The lowest BCUT2D eigenvalue weighted by Crippen LogP contribution is -2.26. The number of ether oxygens (including phenoxy) is 2. The van der Waals surface area contributed by atoms with Crippen molar-refractivity contribution in [1.29, 1.82) is 0 Å². The van der Waals surface area contributed by atoms with Gasteiger partial charge in [-0.15, -0.1) is 0 Å². The molecule has 4 rings (SSSR count). The Morgan fingerprint density at radius 1 is 1.04 bits per heavy atom. The van der Waals surface area contributed by atoms with E-state index in [2.05, 4.69) is 0 Å². The molecule has 1 unspecified atom stereocenters. The second-order valence-corrected chi connectivity index (χ2v) is 8.03. The summed E-state index contributed by atoms with van der Waals surface area (Å²) in [5, 5.41) is 1.30. The first kappa shape index (κ1) is 16.2. The van der Waals surface area contributed by atoms with E-state index in [4.69, 9.17) is 9.47 Å². The van der Waals surface area contributed by atoms with Crippen molar-refractivity contribution in [3.8, 4) is 11.5 Å². The fraction of sp³-hybridized carbons (Fsp3) is 0.263. The Bertz CT molecular complexity index is 893. The highest BCUT2D eigenvalue weighted by atomic mass is 32.2. The van der Waals surface area contributed by atoms with Gasteiger partial charge < -0.3 is 9.47 Å². The molecular weight excluding hydrogens is 338 g/mol. The highest BCUT2D eigenvalue weighted by Crippen LogP contribution is 2.37. The molecule has 0 amide bonds. The first-order chi connectivity index (χ1) is 12.1. The number of fused-ring (bicyclic) bond motifs is 1. The monoisotopic (exact) mass is 357 g/mol. The van der Waals surface area contributed by atoms with Gasteiger partial charge in [0.05, 0.1) is 0 Å². The lowest BCUT2D eigenvalue weighted by molar-refractivity contribution is 0.174. The normalized spacial score (nSPS) is 20.4. The smallest absolute Gasteiger partial charge is 0.236 e. The summed E-state index contributed by atoms with van der Waals surface area (Å²) >= 11 is 0. The summed E-state index contributed by atoms with van der Waals surface area (Å²) in [6.45, 7) is 1.26. The van der Waals surface area contributed by atoms with Crippen molar-refractivity contribution in [2.45, 2.75) is 12.3 Å². The maximum Gasteiger partial charge on any atom is 0.236 e. The quantitative estimate of drug-likeness (QED) is 0.843. The maximum atomic E-state index is 12.6. The molecule has 2 aromatic rings. The van der Waals surface area contributed by atoms with Gasteiger partial charge in [-0.25, -0.2) is 8.42 Å². The fourth-order valence-corrected chi connectivity index (χ4v) is 4.46. The van der Waals surface area contributed by atoms with Crippen molar-refractivity contribution in [1.82, 2.24) is 4.31 Å². The third-order valence-electron chi connectivity index (χ3n) is 4.61. The molecule has 0 bridgehead atoms. The Balaban J connectivity index is 1.47. The van der Waals surface area contributed by atoms with E-state index in [0.29, 0.717) is 13.1 Å². The highest BCUT2D eigenvalue weighted by molar-refractivity contribution is 7.92. The van der Waals surface area contributed by atoms with E-state index < -0.39 is 10.0 Å². The number of rotatable bonds is 4. The Kier molecular flexibility index (Phi) is 4.23. The van der Waals surface area contributed by atoms with Gasteiger partial charge in [0.25, 0.3) is 0 Å². The molecule has 0 aromatic heterocycles. The summed E-state index contributed by atoms with van der Waals surface area (Å²) < 4.78 is 37.4. The standard InChI is InChI=1S/C19H19NO4S/c21-25(22,11-9-15-4-2-1-3-5-15)20-10-8-17(13-20)16-6-7-18-19(12-16)24-14-23-18/h1-7,9,11-12,17H,8,10,13-14H2. The molecule has 0 spiro atoms. The van der Waals surface area contributed by atoms with Crippen molar-refractivity contribution in [3.05, 3.63) is 65.1 Å². The Morgan fingerprint density at radius 3 is 2.68 bits per heavy atom. The predicted molar refractivity (Wildman–Crippen MR) is 95.9 cm³/mol. The maximum absolute atomic E-state index is 12.6. The van der Waals surface area contributed by atoms with Crippen LogP contribution in [-0.4, -0.2) is 32.6 Å². The number of hydrogen-bond donors (Lipinski definition) is 0. The van der Waals surface area contributed by atoms with E-state index in [0.717, 1.165) is 29.0 Å². The second-order valence-electron chi connectivity index (χ2n) is 6.21. The van der Waals surface area contributed by atoms with E-state index in [1.165, 1.54) is 5.41 Å². The average Bonchev–Trinajstić information content (AvgIpc) is 3.30. The largest absolute Gasteiger partial charge is 0.454 e. The summed E-state index contributed by atoms with van der Waals surface area (Å²) in [4.78, 5) is 0. The van der Waals surface area contributed by atoms with Gasteiger partial charge in [-0.3, -0.25) is 0 Å². The SMILES string of the molecule is O=S(=O)(C=Cc1ccccc1)N1CCC(c2ccc3c(c2)OCO3)C1. The molecule has 2 aromatic carbocycles. The molecule has 2 aliphatic rings. The summed E-state index contributed by atoms with van der Waals surface area (Å²) in [5.74, 6) is 1.66. The zero-order valence-corrected chi connectivity index (χ0v) is 14.5. The van der Waals surface area contributed by atoms with Crippen LogP contribution in [0, 0.1) is 0 Å². The minimum absolute atomic E-state index is 0.175. The van der Waals surface area contributed by atoms with Gasteiger partial charge >= 0.3 is 0 Å². The number of sulfonamides is 1. The highest BCUT2D eigenvalue weighted by Gasteiger charge is 2.31. The number of benzene rings is 2. The molecule has 0 N–H and O–H groups in total. The number of hydrogen-bond acceptors (Lipinski definition) is 4. The van der Waals surface area contributed by atoms with Crippen LogP contribution in [0.2, 0.25) is 0 Å². The lowest BCUT2D eigenvalue weighted by atomic mass is 9.98. The molecule has 1 fully saturated rings. The third kappa shape index (κ3) is 3.41. The first-order valence-electron chi connectivity index (χ1n) is 8.25. The van der Waals surface area contributed by atoms with Crippen LogP contribution in [0.1, 0.15) is 23.5 Å². The van der Waals surface area contributed by atoms with E-state index in [1.54, 1.807) is 10.4 Å². The second kappa shape index (κ2) is 6.54. The fourth-order valence-electron chi connectivity index (χ4n) is 3.21. The molecule has 2 aliphatic heterocycles. The molecule has 130 valence electrons. The predicted octanol–water partition coefficient (Wildman–Crippen LogP) is 3.21. The minimum atomic E-state index is -3.41. The van der Waals surface area contributed by atoms with Gasteiger partial charge in [0, 0.05) is 18.5 Å². The third-order valence-corrected chi connectivity index (χ3v) is 6.14. The van der Waals surface area contributed by atoms with Crippen LogP contribution in [0.3, 0.4) is 0 Å². The molecule has 25 heavy (non-hydrogen) atoms. The lowest BCUT2D eigenvalue weighted by Gasteiger charge is -2.14. The van der Waals surface area contributed by atoms with E-state index in [9.17, 15) is 8.42 Å². The molecule has 0 saturated carbocycles. The van der Waals surface area contributed by atoms with Gasteiger partial charge in [-0.05, 0) is 41.7 Å². The van der Waals surface area contributed by atoms with Gasteiger partial charge in [-0.1, -0.05) is 36.4 Å². The van der Waals surface area contributed by atoms with Crippen LogP contribution in [0.15, 0.2) is 53.9 Å². The average molecular weight is 357 g/mol. The van der Waals surface area contributed by atoms with Gasteiger partial charge in [0.2, 0.25) is 16.8 Å². The summed E-state index contributed by atoms with van der Waals surface area (Å²) in [5.41, 5.74) is 1.96. The van der Waals surface area contributed by atoms with Gasteiger partial charge in [0.1, 0.15) is 0 Å². The van der Waals surface area contributed by atoms with Crippen LogP contribution in [0.25, 0.3) is 6.08 Å². The molecule has 6 heteroatoms. The molecule has 2 heterocycles. The zero-order chi connectivity index (χ0) is 17.3. The summed E-state index contributed by atoms with van der Waals surface area (Å²) in [7, 11) is -3.41. The van der Waals surface area contributed by atoms with E-state index in [-0.39, 0.29) is 12.7 Å². The molecule has 0 radical (unpaired) electrons. The number of nitrogens with zero attached hydrogens (tertiary/aromatic N) is 1. The van der Waals surface area contributed by atoms with E-state index in [1.807, 2.05) is 48.5 Å². The van der Waals surface area contributed by atoms with Gasteiger partial charge in [0.15, 0.2) is 11.5 Å². The molecule has 0 aliphatic carbocycles. The Hall–Kier alpha value is -2.31. The van der Waals surface area contributed by atoms with Crippen molar-refractivity contribution in [2.24, 2.45) is 0 Å². The van der Waals surface area contributed by atoms with Gasteiger partial charge in [-0.2, -0.15) is 4.31 Å². The van der Waals surface area contributed by atoms with Crippen molar-refractivity contribution >= 4 is 16.1 Å². The molecule has 1 atom stereocenters.